The van der Waals surface area contributed by atoms with Crippen molar-refractivity contribution in [2.45, 2.75) is 45.3 Å². The highest BCUT2D eigenvalue weighted by molar-refractivity contribution is 5.68. The predicted octanol–water partition coefficient (Wildman–Crippen LogP) is 1.64. The Bertz CT molecular complexity index is 473. The van der Waals surface area contributed by atoms with E-state index in [1.807, 2.05) is 20.8 Å². The molecule has 0 bridgehead atoms. The van der Waals surface area contributed by atoms with Gasteiger partial charge in [-0.2, -0.15) is 0 Å². The second-order valence-electron chi connectivity index (χ2n) is 6.41. The van der Waals surface area contributed by atoms with Crippen molar-refractivity contribution in [3.8, 4) is 0 Å². The Hall–Kier alpha value is -1.69. The first-order chi connectivity index (χ1) is 9.85. The van der Waals surface area contributed by atoms with Crippen molar-refractivity contribution in [1.29, 1.82) is 0 Å². The number of aliphatic hydroxyl groups is 1. The molecular formula is C15H23N3O3. The molecule has 2 unspecified atom stereocenters. The van der Waals surface area contributed by atoms with E-state index in [1.54, 1.807) is 23.4 Å². The molecule has 1 aromatic heterocycles. The average Bonchev–Trinajstić information content (AvgIpc) is 2.40. The Morgan fingerprint density at radius 3 is 2.71 bits per heavy atom. The van der Waals surface area contributed by atoms with Crippen LogP contribution in [0.25, 0.3) is 0 Å². The number of ether oxygens (including phenoxy) is 1. The van der Waals surface area contributed by atoms with Crippen molar-refractivity contribution >= 4 is 6.09 Å². The highest BCUT2D eigenvalue weighted by Gasteiger charge is 2.33. The first kappa shape index (κ1) is 15.7. The minimum atomic E-state index is -0.509. The van der Waals surface area contributed by atoms with E-state index in [0.717, 1.165) is 0 Å². The van der Waals surface area contributed by atoms with Crippen molar-refractivity contribution in [3.63, 3.8) is 0 Å². The van der Waals surface area contributed by atoms with Crippen LogP contribution in [0.15, 0.2) is 18.5 Å². The molecule has 1 N–H and O–H groups in total. The summed E-state index contributed by atoms with van der Waals surface area (Å²) in [5.41, 5.74) is -0.509. The number of carbonyl (C=O) groups excluding carboxylic acids is 1. The Balaban J connectivity index is 1.97. The number of piperidine rings is 1. The summed E-state index contributed by atoms with van der Waals surface area (Å²) < 4.78 is 5.39. The molecule has 1 aliphatic heterocycles. The molecule has 21 heavy (non-hydrogen) atoms. The maximum atomic E-state index is 12.1. The second-order valence-corrected chi connectivity index (χ2v) is 6.41. The van der Waals surface area contributed by atoms with Crippen LogP contribution >= 0.6 is 0 Å². The first-order valence-corrected chi connectivity index (χ1v) is 7.27. The summed E-state index contributed by atoms with van der Waals surface area (Å²) in [6, 6.07) is 1.76. The van der Waals surface area contributed by atoms with Crippen LogP contribution in [0.2, 0.25) is 0 Å². The summed E-state index contributed by atoms with van der Waals surface area (Å²) in [6.07, 6.45) is 3.71. The van der Waals surface area contributed by atoms with Gasteiger partial charge in [0.1, 0.15) is 11.4 Å². The van der Waals surface area contributed by atoms with E-state index in [4.69, 9.17) is 4.74 Å². The lowest BCUT2D eigenvalue weighted by Gasteiger charge is -2.36. The van der Waals surface area contributed by atoms with Gasteiger partial charge in [-0.3, -0.25) is 0 Å². The zero-order valence-electron chi connectivity index (χ0n) is 12.8. The number of aliphatic hydroxyl groups excluding tert-OH is 1. The van der Waals surface area contributed by atoms with Crippen molar-refractivity contribution in [2.24, 2.45) is 5.92 Å². The van der Waals surface area contributed by atoms with E-state index < -0.39 is 11.7 Å². The number of likely N-dealkylation sites (tertiary alicyclic amines) is 1. The van der Waals surface area contributed by atoms with Gasteiger partial charge in [-0.05, 0) is 33.3 Å². The van der Waals surface area contributed by atoms with Crippen LogP contribution in [-0.4, -0.2) is 50.9 Å². The molecule has 1 aliphatic rings. The lowest BCUT2D eigenvalue weighted by atomic mass is 9.91. The molecule has 2 heterocycles. The summed E-state index contributed by atoms with van der Waals surface area (Å²) in [5.74, 6) is 0.626. The fourth-order valence-corrected chi connectivity index (χ4v) is 2.38. The van der Waals surface area contributed by atoms with Crippen molar-refractivity contribution in [1.82, 2.24) is 14.9 Å². The lowest BCUT2D eigenvalue weighted by molar-refractivity contribution is -0.00860. The van der Waals surface area contributed by atoms with Crippen LogP contribution in [0, 0.1) is 5.92 Å². The second kappa shape index (κ2) is 6.39. The molecule has 116 valence electrons. The third-order valence-electron chi connectivity index (χ3n) is 3.41. The Morgan fingerprint density at radius 2 is 2.10 bits per heavy atom. The maximum absolute atomic E-state index is 12.1. The Labute approximate surface area is 125 Å². The third kappa shape index (κ3) is 4.67. The Morgan fingerprint density at radius 1 is 1.43 bits per heavy atom. The van der Waals surface area contributed by atoms with Gasteiger partial charge in [-0.25, -0.2) is 14.8 Å². The number of rotatable bonds is 2. The van der Waals surface area contributed by atoms with Crippen LogP contribution < -0.4 is 0 Å². The van der Waals surface area contributed by atoms with E-state index in [2.05, 4.69) is 9.97 Å². The van der Waals surface area contributed by atoms with Crippen molar-refractivity contribution < 1.29 is 14.6 Å². The predicted molar refractivity (Wildman–Crippen MR) is 77.7 cm³/mol. The van der Waals surface area contributed by atoms with Crippen LogP contribution in [0.3, 0.4) is 0 Å². The van der Waals surface area contributed by atoms with Gasteiger partial charge in [0, 0.05) is 37.8 Å². The highest BCUT2D eigenvalue weighted by atomic mass is 16.6. The zero-order chi connectivity index (χ0) is 15.5. The van der Waals surface area contributed by atoms with E-state index >= 15 is 0 Å². The molecule has 0 radical (unpaired) electrons. The molecule has 6 nitrogen and oxygen atoms in total. The molecule has 1 aromatic rings. The average molecular weight is 293 g/mol. The standard InChI is InChI=1S/C15H23N3O3/c1-15(2,3)21-14(20)18-8-5-12(19)11(10-18)9-13-16-6-4-7-17-13/h4,6-7,11-12,19H,5,8-10H2,1-3H3. The van der Waals surface area contributed by atoms with Gasteiger partial charge in [-0.1, -0.05) is 0 Å². The quantitative estimate of drug-likeness (QED) is 0.897. The molecule has 0 saturated carbocycles. The normalized spacial score (nSPS) is 23.0. The molecular weight excluding hydrogens is 270 g/mol. The van der Waals surface area contributed by atoms with Gasteiger partial charge in [-0.15, -0.1) is 0 Å². The van der Waals surface area contributed by atoms with Gasteiger partial charge >= 0.3 is 6.09 Å². The number of hydrogen-bond acceptors (Lipinski definition) is 5. The maximum Gasteiger partial charge on any atom is 0.410 e. The monoisotopic (exact) mass is 293 g/mol. The smallest absolute Gasteiger partial charge is 0.410 e. The van der Waals surface area contributed by atoms with Crippen molar-refractivity contribution in [3.05, 3.63) is 24.3 Å². The van der Waals surface area contributed by atoms with E-state index in [-0.39, 0.29) is 12.0 Å². The van der Waals surface area contributed by atoms with Gasteiger partial charge < -0.3 is 14.7 Å². The summed E-state index contributed by atoms with van der Waals surface area (Å²) in [5, 5.41) is 10.1. The van der Waals surface area contributed by atoms with E-state index in [1.165, 1.54) is 0 Å². The molecule has 1 fully saturated rings. The van der Waals surface area contributed by atoms with Gasteiger partial charge in [0.05, 0.1) is 6.10 Å². The van der Waals surface area contributed by atoms with Crippen LogP contribution in [0.1, 0.15) is 33.0 Å². The fourth-order valence-electron chi connectivity index (χ4n) is 2.38. The van der Waals surface area contributed by atoms with E-state index in [9.17, 15) is 9.90 Å². The molecule has 2 rings (SSSR count). The minimum Gasteiger partial charge on any atom is -0.444 e. The van der Waals surface area contributed by atoms with Gasteiger partial charge in [0.15, 0.2) is 0 Å². The lowest BCUT2D eigenvalue weighted by Crippen LogP contribution is -2.48. The number of carbonyl (C=O) groups is 1. The topological polar surface area (TPSA) is 75.5 Å². The van der Waals surface area contributed by atoms with Crippen molar-refractivity contribution in [2.75, 3.05) is 13.1 Å². The van der Waals surface area contributed by atoms with Gasteiger partial charge in [0.25, 0.3) is 0 Å². The number of hydrogen-bond donors (Lipinski definition) is 1. The summed E-state index contributed by atoms with van der Waals surface area (Å²) in [6.45, 7) is 6.52. The minimum absolute atomic E-state index is 0.0614. The third-order valence-corrected chi connectivity index (χ3v) is 3.41. The summed E-state index contributed by atoms with van der Waals surface area (Å²) in [7, 11) is 0. The Kier molecular flexibility index (Phi) is 4.77. The first-order valence-electron chi connectivity index (χ1n) is 7.27. The van der Waals surface area contributed by atoms with Crippen LogP contribution in [-0.2, 0) is 11.2 Å². The number of amides is 1. The highest BCUT2D eigenvalue weighted by Crippen LogP contribution is 2.22. The molecule has 6 heteroatoms. The molecule has 0 aliphatic carbocycles. The molecule has 0 spiro atoms. The summed E-state index contributed by atoms with van der Waals surface area (Å²) >= 11 is 0. The molecule has 2 atom stereocenters. The fraction of sp³-hybridized carbons (Fsp3) is 0.667. The zero-order valence-corrected chi connectivity index (χ0v) is 12.8. The number of nitrogens with zero attached hydrogens (tertiary/aromatic N) is 3. The molecule has 1 saturated heterocycles. The number of aromatic nitrogens is 2. The van der Waals surface area contributed by atoms with E-state index in [0.29, 0.717) is 31.8 Å². The molecule has 1 amide bonds. The SMILES string of the molecule is CC(C)(C)OC(=O)N1CCC(O)C(Cc2ncccn2)C1. The largest absolute Gasteiger partial charge is 0.444 e. The van der Waals surface area contributed by atoms with Gasteiger partial charge in [0.2, 0.25) is 0 Å². The van der Waals surface area contributed by atoms with Crippen LogP contribution in [0.4, 0.5) is 4.79 Å². The van der Waals surface area contributed by atoms with Crippen LogP contribution in [0.5, 0.6) is 0 Å². The summed E-state index contributed by atoms with van der Waals surface area (Å²) in [4.78, 5) is 22.1. The molecule has 0 aromatic carbocycles.